The van der Waals surface area contributed by atoms with E-state index in [1.165, 1.54) is 17.1 Å². The number of aromatic hydroxyl groups is 2. The maximum absolute atomic E-state index is 12.6. The Bertz CT molecular complexity index is 886. The van der Waals surface area contributed by atoms with Crippen LogP contribution in [0.3, 0.4) is 0 Å². The number of carbonyl (C=O) groups is 1. The maximum atomic E-state index is 12.6. The first-order valence-corrected chi connectivity index (χ1v) is 7.70. The third-order valence-corrected chi connectivity index (χ3v) is 3.90. The summed E-state index contributed by atoms with van der Waals surface area (Å²) in [7, 11) is 0. The van der Waals surface area contributed by atoms with Gasteiger partial charge < -0.3 is 10.2 Å². The van der Waals surface area contributed by atoms with Crippen LogP contribution < -0.4 is 5.01 Å². The molecule has 1 heterocycles. The van der Waals surface area contributed by atoms with E-state index in [1.54, 1.807) is 37.3 Å². The molecule has 0 unspecified atom stereocenters. The second kappa shape index (κ2) is 6.19. The van der Waals surface area contributed by atoms with Crippen LogP contribution in [0.1, 0.15) is 12.5 Å². The quantitative estimate of drug-likeness (QED) is 0.620. The molecule has 0 spiro atoms. The zero-order valence-electron chi connectivity index (χ0n) is 12.5. The number of phenols is 2. The highest BCUT2D eigenvalue weighted by molar-refractivity contribution is 6.36. The fourth-order valence-electron chi connectivity index (χ4n) is 2.32. The minimum absolute atomic E-state index is 0.226. The van der Waals surface area contributed by atoms with E-state index in [0.29, 0.717) is 32.6 Å². The highest BCUT2D eigenvalue weighted by Gasteiger charge is 2.29. The molecule has 1 aliphatic heterocycles. The average Bonchev–Trinajstić information content (AvgIpc) is 2.78. The van der Waals surface area contributed by atoms with Crippen molar-refractivity contribution >= 4 is 46.6 Å². The Hall–Kier alpha value is -2.50. The van der Waals surface area contributed by atoms with Gasteiger partial charge in [-0.25, -0.2) is 0 Å². The summed E-state index contributed by atoms with van der Waals surface area (Å²) in [5, 5.41) is 25.2. The van der Waals surface area contributed by atoms with Crippen LogP contribution in [0.15, 0.2) is 47.1 Å². The van der Waals surface area contributed by atoms with Crippen LogP contribution in [0.4, 0.5) is 5.69 Å². The predicted molar refractivity (Wildman–Crippen MR) is 94.8 cm³/mol. The summed E-state index contributed by atoms with van der Waals surface area (Å²) in [5.74, 6) is -0.822. The lowest BCUT2D eigenvalue weighted by molar-refractivity contribution is -0.114. The number of carbonyl (C=O) groups excluding carboxylic acids is 1. The van der Waals surface area contributed by atoms with E-state index in [-0.39, 0.29) is 17.4 Å². The largest absolute Gasteiger partial charge is 0.504 e. The summed E-state index contributed by atoms with van der Waals surface area (Å²) >= 11 is 11.9. The number of anilines is 1. The minimum atomic E-state index is -0.335. The fraction of sp³-hybridized carbons (Fsp3) is 0.0588. The Morgan fingerprint density at radius 2 is 1.71 bits per heavy atom. The van der Waals surface area contributed by atoms with Crippen molar-refractivity contribution in [2.45, 2.75) is 6.92 Å². The standard InChI is InChI=1S/C17H12Cl2N2O3/c1-9-14(4-10-2-3-15(22)16(23)5-10)17(24)21(20-9)13-7-11(18)6-12(19)8-13/h2-8,22-23H,1H3. The number of benzene rings is 2. The molecule has 7 heteroatoms. The Kier molecular flexibility index (Phi) is 4.22. The van der Waals surface area contributed by atoms with E-state index >= 15 is 0 Å². The van der Waals surface area contributed by atoms with Crippen LogP contribution in [-0.4, -0.2) is 21.8 Å². The topological polar surface area (TPSA) is 73.1 Å². The molecule has 0 saturated carbocycles. The van der Waals surface area contributed by atoms with Crippen molar-refractivity contribution in [2.24, 2.45) is 5.10 Å². The molecule has 2 N–H and O–H groups in total. The van der Waals surface area contributed by atoms with Crippen molar-refractivity contribution in [2.75, 3.05) is 5.01 Å². The highest BCUT2D eigenvalue weighted by Crippen LogP contribution is 2.31. The lowest BCUT2D eigenvalue weighted by Gasteiger charge is -2.12. The van der Waals surface area contributed by atoms with Gasteiger partial charge in [0.25, 0.3) is 5.91 Å². The fourth-order valence-corrected chi connectivity index (χ4v) is 2.83. The van der Waals surface area contributed by atoms with Gasteiger partial charge in [-0.2, -0.15) is 10.1 Å². The second-order valence-electron chi connectivity index (χ2n) is 5.24. The van der Waals surface area contributed by atoms with Crippen molar-refractivity contribution in [3.05, 3.63) is 57.6 Å². The van der Waals surface area contributed by atoms with Crippen LogP contribution >= 0.6 is 23.2 Å². The van der Waals surface area contributed by atoms with Crippen molar-refractivity contribution in [3.63, 3.8) is 0 Å². The van der Waals surface area contributed by atoms with Crippen LogP contribution in [0.2, 0.25) is 10.0 Å². The zero-order valence-corrected chi connectivity index (χ0v) is 14.0. The van der Waals surface area contributed by atoms with Crippen LogP contribution in [0.25, 0.3) is 6.08 Å². The number of rotatable bonds is 2. The van der Waals surface area contributed by atoms with E-state index in [2.05, 4.69) is 5.10 Å². The van der Waals surface area contributed by atoms with Gasteiger partial charge in [-0.05, 0) is 48.9 Å². The molecule has 0 saturated heterocycles. The number of phenolic OH excluding ortho intramolecular Hbond substituents is 2. The van der Waals surface area contributed by atoms with Crippen molar-refractivity contribution < 1.29 is 15.0 Å². The lowest BCUT2D eigenvalue weighted by Crippen LogP contribution is -2.21. The number of hydrogen-bond acceptors (Lipinski definition) is 4. The Balaban J connectivity index is 1.98. The number of hydrogen-bond donors (Lipinski definition) is 2. The number of halogens is 2. The summed E-state index contributed by atoms with van der Waals surface area (Å²) in [5.41, 5.74) is 1.92. The van der Waals surface area contributed by atoms with Crippen molar-refractivity contribution in [3.8, 4) is 11.5 Å². The van der Waals surface area contributed by atoms with Gasteiger partial charge in [0.2, 0.25) is 0 Å². The molecule has 1 aliphatic rings. The van der Waals surface area contributed by atoms with Crippen molar-refractivity contribution in [1.29, 1.82) is 0 Å². The number of amides is 1. The first-order valence-electron chi connectivity index (χ1n) is 6.95. The molecule has 122 valence electrons. The van der Waals surface area contributed by atoms with Gasteiger partial charge in [0.05, 0.1) is 17.0 Å². The predicted octanol–water partition coefficient (Wildman–Crippen LogP) is 4.21. The van der Waals surface area contributed by atoms with Crippen LogP contribution in [0, 0.1) is 0 Å². The van der Waals surface area contributed by atoms with E-state index in [4.69, 9.17) is 23.2 Å². The molecule has 5 nitrogen and oxygen atoms in total. The molecule has 0 aromatic heterocycles. The first kappa shape index (κ1) is 16.4. The highest BCUT2D eigenvalue weighted by atomic mass is 35.5. The number of hydrazone groups is 1. The first-order chi connectivity index (χ1) is 11.3. The molecule has 24 heavy (non-hydrogen) atoms. The van der Waals surface area contributed by atoms with E-state index in [9.17, 15) is 15.0 Å². The molecule has 0 atom stereocenters. The molecule has 3 rings (SSSR count). The van der Waals surface area contributed by atoms with E-state index < -0.39 is 0 Å². The summed E-state index contributed by atoms with van der Waals surface area (Å²) in [6.45, 7) is 1.70. The van der Waals surface area contributed by atoms with Gasteiger partial charge in [0, 0.05) is 10.0 Å². The monoisotopic (exact) mass is 362 g/mol. The van der Waals surface area contributed by atoms with Gasteiger partial charge >= 0.3 is 0 Å². The molecule has 2 aromatic carbocycles. The molecule has 2 aromatic rings. The molecule has 0 fully saturated rings. The molecular weight excluding hydrogens is 351 g/mol. The molecular formula is C17H12Cl2N2O3. The Morgan fingerprint density at radius 3 is 2.33 bits per heavy atom. The smallest absolute Gasteiger partial charge is 0.280 e. The van der Waals surface area contributed by atoms with E-state index in [0.717, 1.165) is 0 Å². The lowest BCUT2D eigenvalue weighted by atomic mass is 10.1. The van der Waals surface area contributed by atoms with Gasteiger partial charge in [0.15, 0.2) is 11.5 Å². The zero-order chi connectivity index (χ0) is 17.4. The van der Waals surface area contributed by atoms with Gasteiger partial charge in [-0.15, -0.1) is 0 Å². The summed E-state index contributed by atoms with van der Waals surface area (Å²) in [6, 6.07) is 9.06. The normalized spacial score (nSPS) is 16.0. The Labute approximate surface area is 148 Å². The summed E-state index contributed by atoms with van der Waals surface area (Å²) in [4.78, 5) is 12.6. The van der Waals surface area contributed by atoms with Crippen LogP contribution in [-0.2, 0) is 4.79 Å². The molecule has 0 radical (unpaired) electrons. The van der Waals surface area contributed by atoms with Crippen LogP contribution in [0.5, 0.6) is 11.5 Å². The summed E-state index contributed by atoms with van der Waals surface area (Å²) < 4.78 is 0. The van der Waals surface area contributed by atoms with Gasteiger partial charge in [0.1, 0.15) is 0 Å². The Morgan fingerprint density at radius 1 is 1.04 bits per heavy atom. The summed E-state index contributed by atoms with van der Waals surface area (Å²) in [6.07, 6.45) is 1.59. The van der Waals surface area contributed by atoms with Gasteiger partial charge in [-0.1, -0.05) is 29.3 Å². The third-order valence-electron chi connectivity index (χ3n) is 3.46. The third kappa shape index (κ3) is 3.09. The molecule has 0 bridgehead atoms. The van der Waals surface area contributed by atoms with Gasteiger partial charge in [-0.3, -0.25) is 4.79 Å². The molecule has 1 amide bonds. The molecule has 0 aliphatic carbocycles. The SMILES string of the molecule is CC1=NN(c2cc(Cl)cc(Cl)c2)C(=O)C1=Cc1ccc(O)c(O)c1. The number of nitrogens with zero attached hydrogens (tertiary/aromatic N) is 2. The van der Waals surface area contributed by atoms with E-state index in [1.807, 2.05) is 0 Å². The average molecular weight is 363 g/mol. The second-order valence-corrected chi connectivity index (χ2v) is 6.11. The minimum Gasteiger partial charge on any atom is -0.504 e. The van der Waals surface area contributed by atoms with Crippen molar-refractivity contribution in [1.82, 2.24) is 0 Å². The maximum Gasteiger partial charge on any atom is 0.280 e.